The van der Waals surface area contributed by atoms with Gasteiger partial charge in [0.15, 0.2) is 5.78 Å². The van der Waals surface area contributed by atoms with E-state index in [1.54, 1.807) is 0 Å². The van der Waals surface area contributed by atoms with E-state index in [1.807, 2.05) is 29.6 Å². The van der Waals surface area contributed by atoms with Gasteiger partial charge in [0.2, 0.25) is 0 Å². The molecule has 2 aromatic rings. The van der Waals surface area contributed by atoms with Crippen molar-refractivity contribution in [3.8, 4) is 0 Å². The predicted octanol–water partition coefficient (Wildman–Crippen LogP) is 3.34. The highest BCUT2D eigenvalue weighted by molar-refractivity contribution is 7.13. The van der Waals surface area contributed by atoms with Crippen molar-refractivity contribution in [3.63, 3.8) is 0 Å². The van der Waals surface area contributed by atoms with Crippen LogP contribution < -0.4 is 0 Å². The zero-order valence-electron chi connectivity index (χ0n) is 9.18. The molecule has 0 atom stereocenters. The summed E-state index contributed by atoms with van der Waals surface area (Å²) in [5.74, 6) is -0.814. The zero-order chi connectivity index (χ0) is 12.3. The highest BCUT2D eigenvalue weighted by atomic mass is 32.1. The van der Waals surface area contributed by atoms with E-state index < -0.39 is 5.97 Å². The summed E-state index contributed by atoms with van der Waals surface area (Å²) in [6.45, 7) is 0. The van der Waals surface area contributed by atoms with E-state index in [-0.39, 0.29) is 12.2 Å². The molecule has 2 rings (SSSR count). The van der Waals surface area contributed by atoms with Crippen molar-refractivity contribution in [1.29, 1.82) is 0 Å². The highest BCUT2D eigenvalue weighted by Gasteiger charge is 2.12. The lowest BCUT2D eigenvalue weighted by Crippen LogP contribution is -2.00. The Morgan fingerprint density at radius 1 is 1.18 bits per heavy atom. The summed E-state index contributed by atoms with van der Waals surface area (Å²) in [5, 5.41) is 12.5. The van der Waals surface area contributed by atoms with Crippen LogP contribution in [-0.4, -0.2) is 16.9 Å². The minimum atomic E-state index is -0.853. The normalized spacial score (nSPS) is 10.6. The first kappa shape index (κ1) is 11.8. The number of carbonyl (C=O) groups is 2. The van der Waals surface area contributed by atoms with Crippen LogP contribution >= 0.6 is 11.3 Å². The molecule has 0 amide bonds. The Kier molecular flexibility index (Phi) is 3.54. The van der Waals surface area contributed by atoms with E-state index >= 15 is 0 Å². The van der Waals surface area contributed by atoms with E-state index in [4.69, 9.17) is 5.11 Å². The lowest BCUT2D eigenvalue weighted by Gasteiger charge is -1.98. The van der Waals surface area contributed by atoms with E-state index in [0.717, 1.165) is 15.6 Å². The molecule has 3 nitrogen and oxygen atoms in total. The molecule has 1 aromatic heterocycles. The summed E-state index contributed by atoms with van der Waals surface area (Å²) in [7, 11) is 0. The summed E-state index contributed by atoms with van der Waals surface area (Å²) >= 11 is 1.43. The van der Waals surface area contributed by atoms with Gasteiger partial charge in [0.1, 0.15) is 0 Å². The molecule has 0 bridgehead atoms. The van der Waals surface area contributed by atoms with Crippen molar-refractivity contribution in [2.24, 2.45) is 0 Å². The monoisotopic (exact) mass is 248 g/mol. The fraction of sp³-hybridized carbons (Fsp3) is 0.231. The van der Waals surface area contributed by atoms with Crippen molar-refractivity contribution < 1.29 is 14.7 Å². The highest BCUT2D eigenvalue weighted by Crippen LogP contribution is 2.26. The molecule has 0 saturated heterocycles. The molecule has 0 aliphatic heterocycles. The summed E-state index contributed by atoms with van der Waals surface area (Å²) in [5.41, 5.74) is 0. The number of thiophene rings is 1. The number of fused-ring (bicyclic) bond motifs is 1. The van der Waals surface area contributed by atoms with Crippen LogP contribution in [0.25, 0.3) is 10.8 Å². The third-order valence-corrected chi connectivity index (χ3v) is 3.61. The van der Waals surface area contributed by atoms with Gasteiger partial charge in [0.05, 0.1) is 4.88 Å². The number of hydrogen-bond acceptors (Lipinski definition) is 3. The molecule has 0 spiro atoms. The Bertz CT molecular complexity index is 557. The quantitative estimate of drug-likeness (QED) is 0.826. The number of aliphatic carboxylic acids is 1. The van der Waals surface area contributed by atoms with Crippen LogP contribution in [0.15, 0.2) is 29.6 Å². The number of carbonyl (C=O) groups excluding carboxylic acids is 1. The van der Waals surface area contributed by atoms with Gasteiger partial charge in [0, 0.05) is 18.2 Å². The fourth-order valence-electron chi connectivity index (χ4n) is 1.72. The van der Waals surface area contributed by atoms with Crippen LogP contribution in [0.3, 0.4) is 0 Å². The van der Waals surface area contributed by atoms with Crippen molar-refractivity contribution in [2.45, 2.75) is 19.3 Å². The van der Waals surface area contributed by atoms with Crippen LogP contribution in [0, 0.1) is 0 Å². The first-order chi connectivity index (χ1) is 8.18. The van der Waals surface area contributed by atoms with E-state index in [9.17, 15) is 9.59 Å². The Labute approximate surface area is 103 Å². The second-order valence-corrected chi connectivity index (χ2v) is 4.70. The van der Waals surface area contributed by atoms with Gasteiger partial charge in [-0.15, -0.1) is 11.3 Å². The van der Waals surface area contributed by atoms with Gasteiger partial charge in [-0.1, -0.05) is 24.3 Å². The zero-order valence-corrected chi connectivity index (χ0v) is 10.00. The average molecular weight is 248 g/mol. The molecule has 0 aliphatic rings. The van der Waals surface area contributed by atoms with E-state index in [2.05, 4.69) is 0 Å². The molecule has 0 saturated carbocycles. The van der Waals surface area contributed by atoms with Crippen molar-refractivity contribution in [2.75, 3.05) is 0 Å². The maximum atomic E-state index is 11.9. The third-order valence-electron chi connectivity index (χ3n) is 2.56. The summed E-state index contributed by atoms with van der Waals surface area (Å²) in [4.78, 5) is 23.0. The van der Waals surface area contributed by atoms with Crippen LogP contribution in [0.2, 0.25) is 0 Å². The second kappa shape index (κ2) is 5.10. The maximum Gasteiger partial charge on any atom is 0.303 e. The predicted molar refractivity (Wildman–Crippen MR) is 67.6 cm³/mol. The average Bonchev–Trinajstić information content (AvgIpc) is 2.72. The van der Waals surface area contributed by atoms with Crippen LogP contribution in [0.5, 0.6) is 0 Å². The molecular weight excluding hydrogens is 236 g/mol. The topological polar surface area (TPSA) is 54.4 Å². The van der Waals surface area contributed by atoms with Crippen LogP contribution in [0.4, 0.5) is 0 Å². The smallest absolute Gasteiger partial charge is 0.303 e. The molecule has 1 heterocycles. The van der Waals surface area contributed by atoms with Gasteiger partial charge >= 0.3 is 5.97 Å². The molecule has 0 unspecified atom stereocenters. The number of Topliss-reactive ketones (excluding diaryl/α,β-unsaturated/α-hetero) is 1. The van der Waals surface area contributed by atoms with Gasteiger partial charge in [0.25, 0.3) is 0 Å². The van der Waals surface area contributed by atoms with Gasteiger partial charge in [-0.2, -0.15) is 0 Å². The first-order valence-electron chi connectivity index (χ1n) is 5.39. The Morgan fingerprint density at radius 3 is 2.71 bits per heavy atom. The number of rotatable bonds is 5. The lowest BCUT2D eigenvalue weighted by atomic mass is 10.1. The number of carboxylic acid groups (broad SMARTS) is 1. The Morgan fingerprint density at radius 2 is 1.94 bits per heavy atom. The summed E-state index contributed by atoms with van der Waals surface area (Å²) in [6, 6.07) is 7.74. The lowest BCUT2D eigenvalue weighted by molar-refractivity contribution is -0.137. The standard InChI is InChI=1S/C13H12O3S/c14-11(6-3-7-12(15)16)13-10-5-2-1-4-9(10)8-17-13/h1-2,4-5,8H,3,6-7H2,(H,15,16). The van der Waals surface area contributed by atoms with Crippen molar-refractivity contribution >= 4 is 33.9 Å². The summed E-state index contributed by atoms with van der Waals surface area (Å²) in [6.07, 6.45) is 0.756. The molecule has 0 aliphatic carbocycles. The Hall–Kier alpha value is -1.68. The number of carboxylic acids is 1. The second-order valence-electron chi connectivity index (χ2n) is 3.82. The molecule has 17 heavy (non-hydrogen) atoms. The SMILES string of the molecule is O=C(O)CCCC(=O)c1scc2ccccc12. The Balaban J connectivity index is 2.11. The van der Waals surface area contributed by atoms with Crippen molar-refractivity contribution in [1.82, 2.24) is 0 Å². The van der Waals surface area contributed by atoms with Crippen molar-refractivity contribution in [3.05, 3.63) is 34.5 Å². The maximum absolute atomic E-state index is 11.9. The molecular formula is C13H12O3S. The molecule has 88 valence electrons. The molecule has 0 fully saturated rings. The molecule has 1 N–H and O–H groups in total. The first-order valence-corrected chi connectivity index (χ1v) is 6.27. The third kappa shape index (κ3) is 2.71. The van der Waals surface area contributed by atoms with Gasteiger partial charge < -0.3 is 5.11 Å². The van der Waals surface area contributed by atoms with Gasteiger partial charge in [-0.25, -0.2) is 0 Å². The fourth-order valence-corrected chi connectivity index (χ4v) is 2.72. The van der Waals surface area contributed by atoms with E-state index in [1.165, 1.54) is 11.3 Å². The van der Waals surface area contributed by atoms with Crippen LogP contribution in [-0.2, 0) is 4.79 Å². The van der Waals surface area contributed by atoms with Crippen LogP contribution in [0.1, 0.15) is 28.9 Å². The minimum absolute atomic E-state index is 0.0393. The molecule has 1 aromatic carbocycles. The number of ketones is 1. The summed E-state index contributed by atoms with van der Waals surface area (Å²) < 4.78 is 0. The number of hydrogen-bond donors (Lipinski definition) is 1. The largest absolute Gasteiger partial charge is 0.481 e. The van der Waals surface area contributed by atoms with Gasteiger partial charge in [-0.05, 0) is 17.2 Å². The van der Waals surface area contributed by atoms with E-state index in [0.29, 0.717) is 12.8 Å². The van der Waals surface area contributed by atoms with Gasteiger partial charge in [-0.3, -0.25) is 9.59 Å². The molecule has 4 heteroatoms. The molecule has 0 radical (unpaired) electrons. The minimum Gasteiger partial charge on any atom is -0.481 e. The number of benzene rings is 1.